The lowest BCUT2D eigenvalue weighted by Crippen LogP contribution is -1.86. The van der Waals surface area contributed by atoms with Crippen LogP contribution < -0.4 is 0 Å². The molecule has 0 atom stereocenters. The van der Waals surface area contributed by atoms with Crippen LogP contribution >= 0.6 is 0 Å². The fraction of sp³-hybridized carbons (Fsp3) is 0.833. The Balaban J connectivity index is 1.70. The Kier molecular flexibility index (Phi) is 11.4. The van der Waals surface area contributed by atoms with Gasteiger partial charge in [-0.1, -0.05) is 84.0 Å². The quantitative estimate of drug-likeness (QED) is 0.373. The lowest BCUT2D eigenvalue weighted by molar-refractivity contribution is 0.476. The number of oxazole rings is 1. The zero-order chi connectivity index (χ0) is 14.3. The molecule has 1 aromatic heterocycles. The van der Waals surface area contributed by atoms with Crippen molar-refractivity contribution >= 4 is 0 Å². The number of unbranched alkanes of at least 4 members (excludes halogenated alkanes) is 12. The van der Waals surface area contributed by atoms with E-state index >= 15 is 0 Å². The number of hydrogen-bond donors (Lipinski definition) is 0. The molecular formula is C18H33NO. The van der Waals surface area contributed by atoms with Crippen molar-refractivity contribution < 1.29 is 4.42 Å². The van der Waals surface area contributed by atoms with E-state index in [4.69, 9.17) is 4.42 Å². The number of nitrogens with zero attached hydrogens (tertiary/aromatic N) is 1. The Morgan fingerprint density at radius 3 is 1.70 bits per heavy atom. The summed E-state index contributed by atoms with van der Waals surface area (Å²) in [6.07, 6.45) is 22.6. The number of rotatable bonds is 14. The van der Waals surface area contributed by atoms with E-state index in [1.807, 2.05) is 0 Å². The molecule has 0 aliphatic heterocycles. The van der Waals surface area contributed by atoms with E-state index in [0.29, 0.717) is 0 Å². The maximum Gasteiger partial charge on any atom is 0.193 e. The first-order valence-corrected chi connectivity index (χ1v) is 8.82. The summed E-state index contributed by atoms with van der Waals surface area (Å²) in [5, 5.41) is 0. The van der Waals surface area contributed by atoms with Gasteiger partial charge in [0.2, 0.25) is 0 Å². The Morgan fingerprint density at radius 2 is 1.25 bits per heavy atom. The maximum atomic E-state index is 5.23. The van der Waals surface area contributed by atoms with E-state index in [9.17, 15) is 0 Å². The molecular weight excluding hydrogens is 246 g/mol. The minimum absolute atomic E-state index is 0.896. The first-order chi connectivity index (χ1) is 9.93. The van der Waals surface area contributed by atoms with E-state index in [1.54, 1.807) is 12.5 Å². The van der Waals surface area contributed by atoms with Crippen molar-refractivity contribution in [3.63, 3.8) is 0 Å². The van der Waals surface area contributed by atoms with E-state index < -0.39 is 0 Å². The van der Waals surface area contributed by atoms with E-state index in [1.165, 1.54) is 83.5 Å². The molecule has 0 saturated carbocycles. The van der Waals surface area contributed by atoms with Gasteiger partial charge in [-0.2, -0.15) is 0 Å². The lowest BCUT2D eigenvalue weighted by Gasteiger charge is -2.02. The molecule has 1 heterocycles. The molecule has 0 N–H and O–H groups in total. The highest BCUT2D eigenvalue weighted by Crippen LogP contribution is 2.13. The summed E-state index contributed by atoms with van der Waals surface area (Å²) in [7, 11) is 0. The highest BCUT2D eigenvalue weighted by Gasteiger charge is 1.97. The second kappa shape index (κ2) is 13.2. The summed E-state index contributed by atoms with van der Waals surface area (Å²) in [5.74, 6) is 0.896. The van der Waals surface area contributed by atoms with Crippen molar-refractivity contribution in [2.75, 3.05) is 0 Å². The summed E-state index contributed by atoms with van der Waals surface area (Å²) < 4.78 is 5.23. The largest absolute Gasteiger partial charge is 0.449 e. The second-order valence-electron chi connectivity index (χ2n) is 5.92. The molecule has 0 fully saturated rings. The van der Waals surface area contributed by atoms with Crippen molar-refractivity contribution in [2.45, 2.75) is 96.8 Å². The molecule has 0 aromatic carbocycles. The molecule has 0 aliphatic carbocycles. The van der Waals surface area contributed by atoms with Gasteiger partial charge in [-0.25, -0.2) is 4.98 Å². The van der Waals surface area contributed by atoms with Crippen molar-refractivity contribution in [3.8, 4) is 0 Å². The van der Waals surface area contributed by atoms with Crippen molar-refractivity contribution in [1.29, 1.82) is 0 Å². The minimum Gasteiger partial charge on any atom is -0.449 e. The lowest BCUT2D eigenvalue weighted by atomic mass is 10.0. The molecule has 0 aliphatic rings. The fourth-order valence-electron chi connectivity index (χ4n) is 2.67. The van der Waals surface area contributed by atoms with E-state index in [0.717, 1.165) is 12.3 Å². The van der Waals surface area contributed by atoms with Crippen LogP contribution in [0.2, 0.25) is 0 Å². The fourth-order valence-corrected chi connectivity index (χ4v) is 2.67. The van der Waals surface area contributed by atoms with E-state index in [2.05, 4.69) is 11.9 Å². The van der Waals surface area contributed by atoms with Crippen LogP contribution in [0.1, 0.15) is 96.3 Å². The van der Waals surface area contributed by atoms with Gasteiger partial charge in [-0.05, 0) is 6.42 Å². The van der Waals surface area contributed by atoms with Gasteiger partial charge in [-0.15, -0.1) is 0 Å². The average Bonchev–Trinajstić information content (AvgIpc) is 2.97. The molecule has 20 heavy (non-hydrogen) atoms. The normalized spacial score (nSPS) is 11.1. The molecule has 0 unspecified atom stereocenters. The van der Waals surface area contributed by atoms with Crippen LogP contribution in [0.25, 0.3) is 0 Å². The number of aryl methyl sites for hydroxylation is 1. The maximum absolute atomic E-state index is 5.23. The third-order valence-electron chi connectivity index (χ3n) is 3.98. The number of hydrogen-bond acceptors (Lipinski definition) is 2. The van der Waals surface area contributed by atoms with Gasteiger partial charge < -0.3 is 4.42 Å². The zero-order valence-electron chi connectivity index (χ0n) is 13.4. The Hall–Kier alpha value is -0.790. The standard InChI is InChI=1S/C18H33NO/c1-2-3-4-5-6-7-8-9-10-11-12-13-14-15-18-19-16-17-20-18/h16-17H,2-15H2,1H3. The Labute approximate surface area is 125 Å². The summed E-state index contributed by atoms with van der Waals surface area (Å²) in [6, 6.07) is 0. The smallest absolute Gasteiger partial charge is 0.193 e. The molecule has 0 saturated heterocycles. The molecule has 0 spiro atoms. The van der Waals surface area contributed by atoms with Gasteiger partial charge in [0.25, 0.3) is 0 Å². The van der Waals surface area contributed by atoms with Crippen LogP contribution in [0.3, 0.4) is 0 Å². The van der Waals surface area contributed by atoms with Gasteiger partial charge in [-0.3, -0.25) is 0 Å². The molecule has 1 aromatic rings. The Bertz CT molecular complexity index is 282. The van der Waals surface area contributed by atoms with Gasteiger partial charge in [0.15, 0.2) is 5.89 Å². The van der Waals surface area contributed by atoms with Crippen LogP contribution in [-0.2, 0) is 6.42 Å². The molecule has 0 amide bonds. The molecule has 2 nitrogen and oxygen atoms in total. The predicted octanol–water partition coefficient (Wildman–Crippen LogP) is 6.31. The predicted molar refractivity (Wildman–Crippen MR) is 85.9 cm³/mol. The molecule has 116 valence electrons. The average molecular weight is 279 g/mol. The van der Waals surface area contributed by atoms with Crippen LogP contribution in [0.15, 0.2) is 16.9 Å². The highest BCUT2D eigenvalue weighted by atomic mass is 16.3. The topological polar surface area (TPSA) is 26.0 Å². The summed E-state index contributed by atoms with van der Waals surface area (Å²) in [6.45, 7) is 2.28. The van der Waals surface area contributed by atoms with Crippen LogP contribution in [0.4, 0.5) is 0 Å². The molecule has 2 heteroatoms. The van der Waals surface area contributed by atoms with Gasteiger partial charge >= 0.3 is 0 Å². The molecule has 0 radical (unpaired) electrons. The van der Waals surface area contributed by atoms with Crippen molar-refractivity contribution in [1.82, 2.24) is 4.98 Å². The van der Waals surface area contributed by atoms with Crippen LogP contribution in [0.5, 0.6) is 0 Å². The molecule has 0 bridgehead atoms. The first kappa shape index (κ1) is 17.3. The number of aromatic nitrogens is 1. The summed E-state index contributed by atoms with van der Waals surface area (Å²) in [5.41, 5.74) is 0. The SMILES string of the molecule is CCCCCCCCCCCCCCCc1ncco1. The van der Waals surface area contributed by atoms with E-state index in [-0.39, 0.29) is 0 Å². The minimum atomic E-state index is 0.896. The summed E-state index contributed by atoms with van der Waals surface area (Å²) >= 11 is 0. The third kappa shape index (κ3) is 10.1. The second-order valence-corrected chi connectivity index (χ2v) is 5.92. The van der Waals surface area contributed by atoms with Crippen LogP contribution in [0, 0.1) is 0 Å². The zero-order valence-corrected chi connectivity index (χ0v) is 13.4. The monoisotopic (exact) mass is 279 g/mol. The van der Waals surface area contributed by atoms with Crippen molar-refractivity contribution in [3.05, 3.63) is 18.4 Å². The first-order valence-electron chi connectivity index (χ1n) is 8.82. The molecule has 1 rings (SSSR count). The highest BCUT2D eigenvalue weighted by molar-refractivity contribution is 4.79. The van der Waals surface area contributed by atoms with Gasteiger partial charge in [0.05, 0.1) is 6.20 Å². The Morgan fingerprint density at radius 1 is 0.750 bits per heavy atom. The van der Waals surface area contributed by atoms with Gasteiger partial charge in [0, 0.05) is 6.42 Å². The van der Waals surface area contributed by atoms with Crippen molar-refractivity contribution in [2.24, 2.45) is 0 Å². The summed E-state index contributed by atoms with van der Waals surface area (Å²) in [4.78, 5) is 4.14. The van der Waals surface area contributed by atoms with Gasteiger partial charge in [0.1, 0.15) is 6.26 Å². The third-order valence-corrected chi connectivity index (χ3v) is 3.98. The van der Waals surface area contributed by atoms with Crippen LogP contribution in [-0.4, -0.2) is 4.98 Å².